The van der Waals surface area contributed by atoms with E-state index in [0.717, 1.165) is 22.2 Å². The summed E-state index contributed by atoms with van der Waals surface area (Å²) in [5.41, 5.74) is 13.2. The maximum atomic E-state index is 6.68. The summed E-state index contributed by atoms with van der Waals surface area (Å²) in [6.45, 7) is 0.0150. The second kappa shape index (κ2) is 9.01. The van der Waals surface area contributed by atoms with Crippen molar-refractivity contribution in [3.05, 3.63) is 115 Å². The van der Waals surface area contributed by atoms with Crippen LogP contribution in [0.15, 0.2) is 129 Å². The van der Waals surface area contributed by atoms with Crippen LogP contribution in [0, 0.1) is 0 Å². The fourth-order valence-electron chi connectivity index (χ4n) is 7.79. The summed E-state index contributed by atoms with van der Waals surface area (Å²) in [6, 6.07) is 42.5. The van der Waals surface area contributed by atoms with Crippen LogP contribution in [0.2, 0.25) is 0 Å². The van der Waals surface area contributed by atoms with Crippen molar-refractivity contribution in [2.45, 2.75) is 9.79 Å². The molecule has 6 aromatic carbocycles. The molecule has 0 atom stereocenters. The van der Waals surface area contributed by atoms with Crippen molar-refractivity contribution in [2.75, 3.05) is 17.4 Å². The molecule has 0 saturated heterocycles. The largest absolute Gasteiger partial charge is 0.456 e. The Balaban J connectivity index is 1.46. The number of thioether (sulfide) groups is 2. The predicted octanol–water partition coefficient (Wildman–Crippen LogP) is 9.56. The lowest BCUT2D eigenvalue weighted by Gasteiger charge is -2.41. The van der Waals surface area contributed by atoms with Crippen LogP contribution >= 0.6 is 23.5 Å². The minimum absolute atomic E-state index is 0.0150. The molecule has 0 aliphatic carbocycles. The molecular formula is C38H25BN2OS2. The van der Waals surface area contributed by atoms with Gasteiger partial charge in [0.25, 0.3) is 0 Å². The van der Waals surface area contributed by atoms with Gasteiger partial charge in [-0.25, -0.2) is 0 Å². The van der Waals surface area contributed by atoms with Crippen molar-refractivity contribution in [1.82, 2.24) is 4.48 Å². The predicted molar refractivity (Wildman–Crippen MR) is 191 cm³/mol. The highest BCUT2D eigenvalue weighted by atomic mass is 32.2. The third-order valence-corrected chi connectivity index (χ3v) is 11.0. The third-order valence-electron chi connectivity index (χ3n) is 9.54. The van der Waals surface area contributed by atoms with E-state index in [2.05, 4.69) is 137 Å². The van der Waals surface area contributed by atoms with E-state index in [1.807, 2.05) is 0 Å². The number of nitrogens with zero attached hydrogens (tertiary/aromatic N) is 2. The number of anilines is 3. The van der Waals surface area contributed by atoms with E-state index >= 15 is 0 Å². The highest BCUT2D eigenvalue weighted by Gasteiger charge is 2.44. The molecule has 0 spiro atoms. The van der Waals surface area contributed by atoms with Gasteiger partial charge in [0.2, 0.25) is 0 Å². The summed E-state index contributed by atoms with van der Waals surface area (Å²) < 4.78 is 9.30. The molecule has 10 rings (SSSR count). The monoisotopic (exact) mass is 600 g/mol. The molecule has 8 aromatic rings. The maximum Gasteiger partial charge on any atom is 0.333 e. The van der Waals surface area contributed by atoms with Crippen LogP contribution in [0.25, 0.3) is 54.9 Å². The van der Waals surface area contributed by atoms with Gasteiger partial charge < -0.3 is 13.8 Å². The summed E-state index contributed by atoms with van der Waals surface area (Å²) in [5.74, 6) is 0. The number of furan rings is 1. The molecule has 2 aromatic heterocycles. The summed E-state index contributed by atoms with van der Waals surface area (Å²) in [6.07, 6.45) is 4.31. The summed E-state index contributed by atoms with van der Waals surface area (Å²) in [5, 5.41) is 4.92. The van der Waals surface area contributed by atoms with Crippen LogP contribution in [-0.2, 0) is 0 Å². The third kappa shape index (κ3) is 3.12. The van der Waals surface area contributed by atoms with Crippen LogP contribution in [0.1, 0.15) is 0 Å². The first kappa shape index (κ1) is 24.9. The van der Waals surface area contributed by atoms with Crippen LogP contribution in [0.5, 0.6) is 0 Å². The lowest BCUT2D eigenvalue weighted by molar-refractivity contribution is 0.669. The molecule has 0 unspecified atom stereocenters. The van der Waals surface area contributed by atoms with Crippen molar-refractivity contribution >= 4 is 102 Å². The van der Waals surface area contributed by atoms with Gasteiger partial charge in [0.15, 0.2) is 0 Å². The van der Waals surface area contributed by atoms with E-state index < -0.39 is 0 Å². The van der Waals surface area contributed by atoms with Crippen molar-refractivity contribution in [3.63, 3.8) is 0 Å². The minimum atomic E-state index is 0.0150. The standard InChI is InChI=1S/C38H25BN2OS2/c1-43-23-10-7-9-22(19-23)40-32-20-24(44-2)17-18-30(32)39-36-29(21-34-35(38(36)40)28-12-4-6-16-33(28)42-34)27-14-8-13-26-25-11-3-5-15-31(25)41(39)37(26)27/h3-21H,1-2H3. The van der Waals surface area contributed by atoms with Gasteiger partial charge in [0, 0.05) is 53.9 Å². The Morgan fingerprint density at radius 2 is 1.41 bits per heavy atom. The Labute approximate surface area is 263 Å². The Kier molecular flexibility index (Phi) is 5.09. The average Bonchev–Trinajstić information content (AvgIpc) is 3.62. The lowest BCUT2D eigenvalue weighted by Crippen LogP contribution is -2.56. The van der Waals surface area contributed by atoms with Gasteiger partial charge in [0.1, 0.15) is 11.2 Å². The zero-order chi connectivity index (χ0) is 29.1. The van der Waals surface area contributed by atoms with Crippen molar-refractivity contribution in [3.8, 4) is 11.1 Å². The molecule has 3 nitrogen and oxygen atoms in total. The van der Waals surface area contributed by atoms with E-state index in [9.17, 15) is 0 Å². The number of hydrogen-bond acceptors (Lipinski definition) is 4. The zero-order valence-electron chi connectivity index (χ0n) is 24.2. The van der Waals surface area contributed by atoms with Gasteiger partial charge in [-0.3, -0.25) is 0 Å². The molecule has 44 heavy (non-hydrogen) atoms. The number of benzene rings is 6. The van der Waals surface area contributed by atoms with E-state index in [1.165, 1.54) is 70.4 Å². The van der Waals surface area contributed by atoms with Crippen molar-refractivity contribution < 1.29 is 4.42 Å². The summed E-state index contributed by atoms with van der Waals surface area (Å²) in [4.78, 5) is 5.01. The smallest absolute Gasteiger partial charge is 0.333 e. The second-order valence-corrected chi connectivity index (χ2v) is 13.4. The van der Waals surface area contributed by atoms with E-state index in [0.29, 0.717) is 0 Å². The Morgan fingerprint density at radius 1 is 0.636 bits per heavy atom. The van der Waals surface area contributed by atoms with Crippen LogP contribution in [0.4, 0.5) is 17.1 Å². The SMILES string of the molecule is CSc1cccc(N2c3cc(SC)ccc3B3c4c(cc5oc6ccccc6c5c42)-c2cccc4c5ccccc5n3c24)c1. The topological polar surface area (TPSA) is 21.3 Å². The molecule has 4 heterocycles. The Morgan fingerprint density at radius 3 is 2.30 bits per heavy atom. The van der Waals surface area contributed by atoms with Crippen molar-refractivity contribution in [2.24, 2.45) is 0 Å². The molecule has 0 saturated carbocycles. The van der Waals surface area contributed by atoms with Crippen LogP contribution < -0.4 is 15.8 Å². The van der Waals surface area contributed by atoms with Gasteiger partial charge in [-0.15, -0.1) is 23.5 Å². The molecule has 208 valence electrons. The zero-order valence-corrected chi connectivity index (χ0v) is 25.8. The van der Waals surface area contributed by atoms with Gasteiger partial charge in [-0.05, 0) is 77.5 Å². The number of para-hydroxylation sites is 3. The minimum Gasteiger partial charge on any atom is -0.456 e. The van der Waals surface area contributed by atoms with Gasteiger partial charge in [-0.1, -0.05) is 66.7 Å². The van der Waals surface area contributed by atoms with E-state index in [1.54, 1.807) is 23.5 Å². The molecule has 0 amide bonds. The summed E-state index contributed by atoms with van der Waals surface area (Å²) >= 11 is 3.57. The van der Waals surface area contributed by atoms with Gasteiger partial charge in [0.05, 0.1) is 11.1 Å². The highest BCUT2D eigenvalue weighted by Crippen LogP contribution is 2.50. The van der Waals surface area contributed by atoms with Crippen LogP contribution in [0.3, 0.4) is 0 Å². The number of aromatic nitrogens is 1. The molecule has 2 aliphatic rings. The second-order valence-electron chi connectivity index (χ2n) is 11.6. The van der Waals surface area contributed by atoms with E-state index in [4.69, 9.17) is 4.42 Å². The number of hydrogen-bond donors (Lipinski definition) is 0. The molecule has 6 heteroatoms. The quantitative estimate of drug-likeness (QED) is 0.149. The van der Waals surface area contributed by atoms with E-state index in [-0.39, 0.29) is 6.85 Å². The first-order valence-corrected chi connectivity index (χ1v) is 17.3. The lowest BCUT2D eigenvalue weighted by atomic mass is 9.45. The molecule has 0 radical (unpaired) electrons. The average molecular weight is 601 g/mol. The van der Waals surface area contributed by atoms with Crippen LogP contribution in [-0.4, -0.2) is 23.8 Å². The molecule has 0 N–H and O–H groups in total. The maximum absolute atomic E-state index is 6.68. The molecule has 0 bridgehead atoms. The fraction of sp³-hybridized carbons (Fsp3) is 0.0526. The summed E-state index contributed by atoms with van der Waals surface area (Å²) in [7, 11) is 0. The molecule has 0 fully saturated rings. The number of rotatable bonds is 3. The Bertz CT molecular complexity index is 2510. The first-order valence-electron chi connectivity index (χ1n) is 14.9. The molecule has 2 aliphatic heterocycles. The van der Waals surface area contributed by atoms with Gasteiger partial charge >= 0.3 is 6.85 Å². The fourth-order valence-corrected chi connectivity index (χ4v) is 8.68. The first-order chi connectivity index (χ1) is 21.7. The van der Waals surface area contributed by atoms with Crippen molar-refractivity contribution in [1.29, 1.82) is 0 Å². The normalized spacial score (nSPS) is 13.3. The van der Waals surface area contributed by atoms with Gasteiger partial charge in [-0.2, -0.15) is 0 Å². The Hall–Kier alpha value is -4.52. The highest BCUT2D eigenvalue weighted by molar-refractivity contribution is 7.98. The molecular weight excluding hydrogens is 575 g/mol. The number of fused-ring (bicyclic) bond motifs is 11.